The van der Waals surface area contributed by atoms with Gasteiger partial charge in [-0.2, -0.15) is 0 Å². The molecular formula is C12H25ClN2O2. The topological polar surface area (TPSA) is 64.4 Å². The summed E-state index contributed by atoms with van der Waals surface area (Å²) in [6.45, 7) is 3.40. The Morgan fingerprint density at radius 2 is 2.18 bits per heavy atom. The summed E-state index contributed by atoms with van der Waals surface area (Å²) in [6, 6.07) is 0. The van der Waals surface area contributed by atoms with Crippen LogP contribution in [-0.2, 0) is 9.53 Å². The fourth-order valence-electron chi connectivity index (χ4n) is 2.05. The molecule has 0 heterocycles. The largest absolute Gasteiger partial charge is 0.380 e. The zero-order valence-electron chi connectivity index (χ0n) is 10.8. The van der Waals surface area contributed by atoms with E-state index < -0.39 is 0 Å². The summed E-state index contributed by atoms with van der Waals surface area (Å²) >= 11 is 0. The van der Waals surface area contributed by atoms with Crippen LogP contribution in [0.2, 0.25) is 0 Å². The summed E-state index contributed by atoms with van der Waals surface area (Å²) in [6.07, 6.45) is 5.14. The number of hydrogen-bond acceptors (Lipinski definition) is 3. The lowest BCUT2D eigenvalue weighted by Gasteiger charge is -2.17. The standard InChI is InChI=1S/C12H24N2O2.ClH/c1-3-4-12(5-6-12)9-14-11(15)7-10(8-13)16-2;/h10H,3-9,13H2,1-2H3,(H,14,15);1H. The molecule has 0 saturated heterocycles. The molecule has 17 heavy (non-hydrogen) atoms. The molecule has 3 N–H and O–H groups in total. The maximum Gasteiger partial charge on any atom is 0.222 e. The van der Waals surface area contributed by atoms with E-state index in [0.29, 0.717) is 18.4 Å². The van der Waals surface area contributed by atoms with Gasteiger partial charge in [0, 0.05) is 20.2 Å². The number of carbonyl (C=O) groups is 1. The molecule has 0 aromatic heterocycles. The number of rotatable bonds is 8. The minimum absolute atomic E-state index is 0. The molecule has 1 unspecified atom stereocenters. The molecule has 4 nitrogen and oxygen atoms in total. The third-order valence-corrected chi connectivity index (χ3v) is 3.41. The Hall–Kier alpha value is -0.320. The number of hydrogen-bond donors (Lipinski definition) is 2. The van der Waals surface area contributed by atoms with Gasteiger partial charge >= 0.3 is 0 Å². The molecule has 0 bridgehead atoms. The minimum atomic E-state index is -0.152. The van der Waals surface area contributed by atoms with Crippen LogP contribution in [0.5, 0.6) is 0 Å². The first-order valence-electron chi connectivity index (χ1n) is 6.15. The summed E-state index contributed by atoms with van der Waals surface area (Å²) in [5, 5.41) is 2.99. The Kier molecular flexibility index (Phi) is 7.75. The lowest BCUT2D eigenvalue weighted by atomic mass is 10.0. The molecule has 5 heteroatoms. The Morgan fingerprint density at radius 3 is 2.59 bits per heavy atom. The van der Waals surface area contributed by atoms with Crippen LogP contribution >= 0.6 is 12.4 Å². The fraction of sp³-hybridized carbons (Fsp3) is 0.917. The van der Waals surface area contributed by atoms with Crippen molar-refractivity contribution in [2.24, 2.45) is 11.1 Å². The summed E-state index contributed by atoms with van der Waals surface area (Å²) in [5.41, 5.74) is 5.88. The van der Waals surface area contributed by atoms with Gasteiger partial charge in [-0.1, -0.05) is 13.3 Å². The number of nitrogens with one attached hydrogen (secondary N) is 1. The van der Waals surface area contributed by atoms with Gasteiger partial charge in [-0.05, 0) is 24.7 Å². The highest BCUT2D eigenvalue weighted by Crippen LogP contribution is 2.48. The molecule has 0 aromatic carbocycles. The normalized spacial score (nSPS) is 18.1. The third kappa shape index (κ3) is 5.70. The molecule has 1 atom stereocenters. The maximum atomic E-state index is 11.6. The van der Waals surface area contributed by atoms with Gasteiger partial charge in [0.05, 0.1) is 12.5 Å². The molecule has 1 aliphatic rings. The Balaban J connectivity index is 0.00000256. The Bertz CT molecular complexity index is 229. The van der Waals surface area contributed by atoms with Gasteiger partial charge in [-0.25, -0.2) is 0 Å². The SMILES string of the molecule is CCCC1(CNC(=O)CC(CN)OC)CC1.Cl. The van der Waals surface area contributed by atoms with Crippen molar-refractivity contribution >= 4 is 18.3 Å². The van der Waals surface area contributed by atoms with E-state index in [1.807, 2.05) is 0 Å². The van der Waals surface area contributed by atoms with Gasteiger partial charge in [-0.15, -0.1) is 12.4 Å². The first kappa shape index (κ1) is 16.7. The number of ether oxygens (including phenoxy) is 1. The van der Waals surface area contributed by atoms with Crippen molar-refractivity contribution in [3.63, 3.8) is 0 Å². The predicted molar refractivity (Wildman–Crippen MR) is 71.3 cm³/mol. The first-order chi connectivity index (χ1) is 7.65. The van der Waals surface area contributed by atoms with Crippen molar-refractivity contribution in [3.05, 3.63) is 0 Å². The van der Waals surface area contributed by atoms with Crippen LogP contribution in [0.4, 0.5) is 0 Å². The van der Waals surface area contributed by atoms with Gasteiger partial charge in [0.25, 0.3) is 0 Å². The molecule has 1 saturated carbocycles. The quantitative estimate of drug-likeness (QED) is 0.698. The second kappa shape index (κ2) is 7.90. The van der Waals surface area contributed by atoms with Gasteiger partial charge in [0.2, 0.25) is 5.91 Å². The summed E-state index contributed by atoms with van der Waals surface area (Å²) in [5.74, 6) is 0.0553. The second-order valence-electron chi connectivity index (χ2n) is 4.82. The zero-order chi connectivity index (χ0) is 12.0. The highest BCUT2D eigenvalue weighted by Gasteiger charge is 2.41. The fourth-order valence-corrected chi connectivity index (χ4v) is 2.05. The van der Waals surface area contributed by atoms with Crippen LogP contribution in [0.3, 0.4) is 0 Å². The van der Waals surface area contributed by atoms with Crippen molar-refractivity contribution in [1.82, 2.24) is 5.32 Å². The smallest absolute Gasteiger partial charge is 0.222 e. The highest BCUT2D eigenvalue weighted by molar-refractivity contribution is 5.85. The number of carbonyl (C=O) groups excluding carboxylic acids is 1. The van der Waals surface area contributed by atoms with E-state index >= 15 is 0 Å². The lowest BCUT2D eigenvalue weighted by Crippen LogP contribution is -2.35. The van der Waals surface area contributed by atoms with Crippen molar-refractivity contribution in [3.8, 4) is 0 Å². The van der Waals surface area contributed by atoms with Gasteiger partial charge < -0.3 is 15.8 Å². The van der Waals surface area contributed by atoms with E-state index in [-0.39, 0.29) is 24.4 Å². The van der Waals surface area contributed by atoms with Crippen molar-refractivity contribution in [2.75, 3.05) is 20.2 Å². The van der Waals surface area contributed by atoms with E-state index in [2.05, 4.69) is 12.2 Å². The van der Waals surface area contributed by atoms with E-state index in [4.69, 9.17) is 10.5 Å². The molecular weight excluding hydrogens is 240 g/mol. The van der Waals surface area contributed by atoms with Crippen LogP contribution in [0.15, 0.2) is 0 Å². The van der Waals surface area contributed by atoms with Crippen LogP contribution in [0.25, 0.3) is 0 Å². The van der Waals surface area contributed by atoms with Crippen LogP contribution in [0, 0.1) is 5.41 Å². The average molecular weight is 265 g/mol. The Labute approximate surface area is 110 Å². The highest BCUT2D eigenvalue weighted by atomic mass is 35.5. The summed E-state index contributed by atoms with van der Waals surface area (Å²) in [4.78, 5) is 11.6. The molecule has 0 aliphatic heterocycles. The van der Waals surface area contributed by atoms with Crippen LogP contribution in [-0.4, -0.2) is 32.2 Å². The molecule has 1 amide bonds. The summed E-state index contributed by atoms with van der Waals surface area (Å²) in [7, 11) is 1.59. The van der Waals surface area contributed by atoms with E-state index in [1.165, 1.54) is 25.7 Å². The monoisotopic (exact) mass is 264 g/mol. The van der Waals surface area contributed by atoms with E-state index in [1.54, 1.807) is 7.11 Å². The molecule has 0 spiro atoms. The number of amides is 1. The molecule has 0 radical (unpaired) electrons. The van der Waals surface area contributed by atoms with E-state index in [9.17, 15) is 4.79 Å². The average Bonchev–Trinajstić information content (AvgIpc) is 3.04. The minimum Gasteiger partial charge on any atom is -0.380 e. The van der Waals surface area contributed by atoms with Crippen molar-refractivity contribution in [2.45, 2.75) is 45.1 Å². The number of halogens is 1. The maximum absolute atomic E-state index is 11.6. The van der Waals surface area contributed by atoms with Gasteiger partial charge in [0.15, 0.2) is 0 Å². The molecule has 1 fully saturated rings. The van der Waals surface area contributed by atoms with Crippen LogP contribution in [0.1, 0.15) is 39.0 Å². The van der Waals surface area contributed by atoms with Gasteiger partial charge in [0.1, 0.15) is 0 Å². The molecule has 0 aromatic rings. The second-order valence-corrected chi connectivity index (χ2v) is 4.82. The molecule has 1 rings (SSSR count). The zero-order valence-corrected chi connectivity index (χ0v) is 11.6. The molecule has 1 aliphatic carbocycles. The van der Waals surface area contributed by atoms with Crippen molar-refractivity contribution < 1.29 is 9.53 Å². The van der Waals surface area contributed by atoms with Crippen LogP contribution < -0.4 is 11.1 Å². The predicted octanol–water partition coefficient (Wildman–Crippen LogP) is 1.47. The van der Waals surface area contributed by atoms with Crippen molar-refractivity contribution in [1.29, 1.82) is 0 Å². The Morgan fingerprint density at radius 1 is 1.53 bits per heavy atom. The lowest BCUT2D eigenvalue weighted by molar-refractivity contribution is -0.123. The summed E-state index contributed by atoms with van der Waals surface area (Å²) < 4.78 is 5.08. The molecule has 102 valence electrons. The van der Waals surface area contributed by atoms with Gasteiger partial charge in [-0.3, -0.25) is 4.79 Å². The number of methoxy groups -OCH3 is 1. The first-order valence-corrected chi connectivity index (χ1v) is 6.15. The number of nitrogens with two attached hydrogens (primary N) is 1. The van der Waals surface area contributed by atoms with E-state index in [0.717, 1.165) is 6.54 Å². The third-order valence-electron chi connectivity index (χ3n) is 3.41.